The van der Waals surface area contributed by atoms with Crippen LogP contribution in [-0.2, 0) is 26.2 Å². The van der Waals surface area contributed by atoms with Crippen LogP contribution in [0.15, 0.2) is 76.1 Å². The third-order valence-corrected chi connectivity index (χ3v) is 8.82. The number of anilines is 1. The van der Waals surface area contributed by atoms with Crippen LogP contribution in [0.4, 0.5) is 5.69 Å². The molecule has 0 aliphatic heterocycles. The largest absolute Gasteiger partial charge is 0.355 e. The van der Waals surface area contributed by atoms with Crippen molar-refractivity contribution in [3.8, 4) is 0 Å². The minimum Gasteiger partial charge on any atom is -0.355 e. The second kappa shape index (κ2) is 12.6. The molecule has 1 N–H and O–H groups in total. The number of nitrogens with zero attached hydrogens (tertiary/aromatic N) is 2. The zero-order valence-electron chi connectivity index (χ0n) is 22.4. The molecule has 2 amide bonds. The van der Waals surface area contributed by atoms with Crippen LogP contribution in [0.1, 0.15) is 36.1 Å². The maximum atomic E-state index is 13.9. The molecule has 0 aromatic heterocycles. The first kappa shape index (κ1) is 29.4. The number of aryl methyl sites for hydroxylation is 2. The number of carbonyl (C=O) groups excluding carboxylic acids is 2. The lowest BCUT2D eigenvalue weighted by molar-refractivity contribution is -0.139. The molecule has 0 fully saturated rings. The molecular weight excluding hydrogens is 566 g/mol. The van der Waals surface area contributed by atoms with Crippen molar-refractivity contribution in [3.05, 3.63) is 93.5 Å². The van der Waals surface area contributed by atoms with Gasteiger partial charge in [-0.2, -0.15) is 0 Å². The van der Waals surface area contributed by atoms with E-state index in [1.54, 1.807) is 43.3 Å². The lowest BCUT2D eigenvalue weighted by atomic mass is 10.1. The van der Waals surface area contributed by atoms with E-state index in [0.717, 1.165) is 31.0 Å². The molecule has 3 aromatic carbocycles. The van der Waals surface area contributed by atoms with E-state index in [4.69, 9.17) is 0 Å². The summed E-state index contributed by atoms with van der Waals surface area (Å²) in [7, 11) is -4.09. The predicted molar refractivity (Wildman–Crippen MR) is 154 cm³/mol. The van der Waals surface area contributed by atoms with Crippen LogP contribution in [0.25, 0.3) is 0 Å². The molecule has 7 nitrogen and oxygen atoms in total. The lowest BCUT2D eigenvalue weighted by Gasteiger charge is -2.32. The summed E-state index contributed by atoms with van der Waals surface area (Å²) in [6, 6.07) is 18.6. The van der Waals surface area contributed by atoms with Gasteiger partial charge >= 0.3 is 0 Å². The Labute approximate surface area is 234 Å². The van der Waals surface area contributed by atoms with Crippen molar-refractivity contribution >= 4 is 43.5 Å². The Balaban J connectivity index is 2.07. The van der Waals surface area contributed by atoms with Gasteiger partial charge in [0.1, 0.15) is 12.6 Å². The summed E-state index contributed by atoms with van der Waals surface area (Å²) in [5.41, 5.74) is 3.83. The highest BCUT2D eigenvalue weighted by Gasteiger charge is 2.33. The predicted octanol–water partition coefficient (Wildman–Crippen LogP) is 5.12. The van der Waals surface area contributed by atoms with Crippen molar-refractivity contribution < 1.29 is 18.0 Å². The number of amides is 2. The molecule has 0 heterocycles. The molecule has 0 bridgehead atoms. The molecule has 0 unspecified atom stereocenters. The maximum Gasteiger partial charge on any atom is 0.264 e. The van der Waals surface area contributed by atoms with Gasteiger partial charge in [-0.1, -0.05) is 57.9 Å². The Morgan fingerprint density at radius 1 is 0.947 bits per heavy atom. The van der Waals surface area contributed by atoms with Gasteiger partial charge in [-0.3, -0.25) is 13.9 Å². The average Bonchev–Trinajstić information content (AvgIpc) is 2.88. The summed E-state index contributed by atoms with van der Waals surface area (Å²) in [6.07, 6.45) is 0. The first-order chi connectivity index (χ1) is 17.9. The normalized spacial score (nSPS) is 12.1. The second-order valence-corrected chi connectivity index (χ2v) is 12.0. The highest BCUT2D eigenvalue weighted by Crippen LogP contribution is 2.29. The third kappa shape index (κ3) is 6.82. The Kier molecular flexibility index (Phi) is 9.73. The summed E-state index contributed by atoms with van der Waals surface area (Å²) >= 11 is 3.41. The molecular formula is C29H34BrN3O4S. The molecule has 38 heavy (non-hydrogen) atoms. The van der Waals surface area contributed by atoms with Gasteiger partial charge in [-0.05, 0) is 81.6 Å². The topological polar surface area (TPSA) is 86.8 Å². The fourth-order valence-corrected chi connectivity index (χ4v) is 5.78. The highest BCUT2D eigenvalue weighted by molar-refractivity contribution is 9.10. The Morgan fingerprint density at radius 2 is 1.58 bits per heavy atom. The van der Waals surface area contributed by atoms with Crippen LogP contribution in [0.3, 0.4) is 0 Å². The van der Waals surface area contributed by atoms with Gasteiger partial charge in [0.2, 0.25) is 11.8 Å². The fourth-order valence-electron chi connectivity index (χ4n) is 4.05. The number of sulfonamides is 1. The first-order valence-corrected chi connectivity index (χ1v) is 14.7. The van der Waals surface area contributed by atoms with E-state index in [9.17, 15) is 18.0 Å². The van der Waals surface area contributed by atoms with Crippen molar-refractivity contribution in [2.45, 2.75) is 52.1 Å². The Morgan fingerprint density at radius 3 is 2.18 bits per heavy atom. The molecule has 9 heteroatoms. The Bertz CT molecular complexity index is 1390. The van der Waals surface area contributed by atoms with Crippen molar-refractivity contribution in [2.75, 3.05) is 17.4 Å². The molecule has 0 radical (unpaired) electrons. The van der Waals surface area contributed by atoms with Gasteiger partial charge in [0.05, 0.1) is 10.6 Å². The molecule has 202 valence electrons. The molecule has 0 saturated carbocycles. The summed E-state index contributed by atoms with van der Waals surface area (Å²) < 4.78 is 29.9. The van der Waals surface area contributed by atoms with Crippen molar-refractivity contribution in [1.82, 2.24) is 10.2 Å². The van der Waals surface area contributed by atoms with Gasteiger partial charge in [0.25, 0.3) is 10.0 Å². The molecule has 0 saturated heterocycles. The van der Waals surface area contributed by atoms with Crippen LogP contribution < -0.4 is 9.62 Å². The molecule has 1 atom stereocenters. The van der Waals surface area contributed by atoms with Crippen LogP contribution in [0, 0.1) is 20.8 Å². The number of benzene rings is 3. The number of halogens is 1. The Hall–Kier alpha value is -3.17. The number of carbonyl (C=O) groups is 2. The standard InChI is InChI=1S/C29H34BrN3O4S/c1-6-31-29(35)23(5)32(18-24-12-14-25(30)15-13-24)28(34)19-33(27-9-7-8-21(3)22(27)4)38(36,37)26-16-10-20(2)11-17-26/h7-17,23H,6,18-19H2,1-5H3,(H,31,35)/t23-/m1/s1. The first-order valence-electron chi connectivity index (χ1n) is 12.4. The molecule has 3 aromatic rings. The zero-order valence-corrected chi connectivity index (χ0v) is 24.8. The van der Waals surface area contributed by atoms with Gasteiger partial charge in [0.15, 0.2) is 0 Å². The van der Waals surface area contributed by atoms with E-state index in [0.29, 0.717) is 12.2 Å². The average molecular weight is 601 g/mol. The number of rotatable bonds is 10. The summed E-state index contributed by atoms with van der Waals surface area (Å²) in [4.78, 5) is 28.2. The van der Waals surface area contributed by atoms with E-state index in [1.807, 2.05) is 58.0 Å². The van der Waals surface area contributed by atoms with Crippen LogP contribution >= 0.6 is 15.9 Å². The maximum absolute atomic E-state index is 13.9. The van der Waals surface area contributed by atoms with E-state index >= 15 is 0 Å². The van der Waals surface area contributed by atoms with Crippen molar-refractivity contribution in [1.29, 1.82) is 0 Å². The van der Waals surface area contributed by atoms with Gasteiger partial charge < -0.3 is 10.2 Å². The lowest BCUT2D eigenvalue weighted by Crippen LogP contribution is -2.51. The monoisotopic (exact) mass is 599 g/mol. The molecule has 0 aliphatic rings. The highest BCUT2D eigenvalue weighted by atomic mass is 79.9. The van der Waals surface area contributed by atoms with Gasteiger partial charge in [-0.15, -0.1) is 0 Å². The van der Waals surface area contributed by atoms with Crippen molar-refractivity contribution in [2.24, 2.45) is 0 Å². The summed E-state index contributed by atoms with van der Waals surface area (Å²) in [5.74, 6) is -0.791. The number of likely N-dealkylation sites (N-methyl/N-ethyl adjacent to an activating group) is 1. The van der Waals surface area contributed by atoms with E-state index in [2.05, 4.69) is 21.2 Å². The number of nitrogens with one attached hydrogen (secondary N) is 1. The van der Waals surface area contributed by atoms with E-state index in [-0.39, 0.29) is 17.3 Å². The molecule has 0 spiro atoms. The SMILES string of the molecule is CCNC(=O)[C@@H](C)N(Cc1ccc(Br)cc1)C(=O)CN(c1cccc(C)c1C)S(=O)(=O)c1ccc(C)cc1. The minimum atomic E-state index is -4.09. The summed E-state index contributed by atoms with van der Waals surface area (Å²) in [6.45, 7) is 9.18. The molecule has 0 aliphatic carbocycles. The fraction of sp³-hybridized carbons (Fsp3) is 0.310. The van der Waals surface area contributed by atoms with Crippen molar-refractivity contribution in [3.63, 3.8) is 0 Å². The number of hydrogen-bond donors (Lipinski definition) is 1. The van der Waals surface area contributed by atoms with E-state index < -0.39 is 28.5 Å². The smallest absolute Gasteiger partial charge is 0.264 e. The van der Waals surface area contributed by atoms with E-state index in [1.165, 1.54) is 4.90 Å². The minimum absolute atomic E-state index is 0.0908. The van der Waals surface area contributed by atoms with Crippen LogP contribution in [0.2, 0.25) is 0 Å². The van der Waals surface area contributed by atoms with Crippen LogP contribution in [-0.4, -0.2) is 44.3 Å². The third-order valence-electron chi connectivity index (χ3n) is 6.52. The summed E-state index contributed by atoms with van der Waals surface area (Å²) in [5, 5.41) is 2.77. The van der Waals surface area contributed by atoms with Gasteiger partial charge in [-0.25, -0.2) is 8.42 Å². The molecule has 3 rings (SSSR count). The zero-order chi connectivity index (χ0) is 28.0. The quantitative estimate of drug-likeness (QED) is 0.350. The second-order valence-electron chi connectivity index (χ2n) is 9.26. The number of hydrogen-bond acceptors (Lipinski definition) is 4. The van der Waals surface area contributed by atoms with Crippen LogP contribution in [0.5, 0.6) is 0 Å². The van der Waals surface area contributed by atoms with Gasteiger partial charge in [0, 0.05) is 17.6 Å².